The Kier molecular flexibility index (Phi) is 4.17. The lowest BCUT2D eigenvalue weighted by Crippen LogP contribution is -1.98. The number of hydrogen-bond acceptors (Lipinski definition) is 3. The van der Waals surface area contributed by atoms with Crippen molar-refractivity contribution in [1.82, 2.24) is 19.6 Å². The van der Waals surface area contributed by atoms with E-state index >= 15 is 0 Å². The summed E-state index contributed by atoms with van der Waals surface area (Å²) >= 11 is 6.33. The van der Waals surface area contributed by atoms with Crippen LogP contribution in [0.3, 0.4) is 0 Å². The molecule has 0 radical (unpaired) electrons. The van der Waals surface area contributed by atoms with Gasteiger partial charge in [0.1, 0.15) is 22.5 Å². The van der Waals surface area contributed by atoms with Gasteiger partial charge in [0.15, 0.2) is 0 Å². The number of nitrogens with zero attached hydrogens (tertiary/aromatic N) is 4. The van der Waals surface area contributed by atoms with Crippen LogP contribution in [0.1, 0.15) is 25.6 Å². The van der Waals surface area contributed by atoms with Crippen molar-refractivity contribution >= 4 is 17.1 Å². The molecule has 6 heteroatoms. The van der Waals surface area contributed by atoms with Gasteiger partial charge in [-0.15, -0.1) is 0 Å². The number of halogens is 2. The fourth-order valence-corrected chi connectivity index (χ4v) is 3.09. The summed E-state index contributed by atoms with van der Waals surface area (Å²) in [5.41, 5.74) is 3.95. The van der Waals surface area contributed by atoms with Crippen LogP contribution >= 0.6 is 11.6 Å². The minimum Gasteiger partial charge on any atom is -0.241 e. The van der Waals surface area contributed by atoms with Crippen molar-refractivity contribution in [3.8, 4) is 22.5 Å². The van der Waals surface area contributed by atoms with Gasteiger partial charge in [0.05, 0.1) is 16.8 Å². The van der Waals surface area contributed by atoms with Gasteiger partial charge in [-0.3, -0.25) is 0 Å². The second kappa shape index (κ2) is 6.50. The molecule has 1 aromatic carbocycles. The van der Waals surface area contributed by atoms with E-state index in [-0.39, 0.29) is 11.7 Å². The monoisotopic (exact) mass is 366 g/mol. The van der Waals surface area contributed by atoms with Gasteiger partial charge >= 0.3 is 0 Å². The molecule has 3 aromatic heterocycles. The molecule has 26 heavy (non-hydrogen) atoms. The molecule has 0 amide bonds. The number of pyridine rings is 1. The molecule has 0 unspecified atom stereocenters. The zero-order valence-electron chi connectivity index (χ0n) is 14.3. The van der Waals surface area contributed by atoms with Crippen LogP contribution in [0.15, 0.2) is 54.7 Å². The van der Waals surface area contributed by atoms with Crippen LogP contribution in [0, 0.1) is 5.82 Å². The molecule has 0 atom stereocenters. The molecule has 0 N–H and O–H groups in total. The van der Waals surface area contributed by atoms with Crippen LogP contribution in [0.5, 0.6) is 0 Å². The van der Waals surface area contributed by atoms with Crippen molar-refractivity contribution in [2.24, 2.45) is 0 Å². The second-order valence-corrected chi connectivity index (χ2v) is 6.72. The zero-order valence-corrected chi connectivity index (χ0v) is 15.1. The first-order valence-electron chi connectivity index (χ1n) is 8.31. The molecule has 0 bridgehead atoms. The van der Waals surface area contributed by atoms with Crippen molar-refractivity contribution in [3.63, 3.8) is 0 Å². The molecule has 4 aromatic rings. The first-order valence-corrected chi connectivity index (χ1v) is 8.69. The zero-order chi connectivity index (χ0) is 18.3. The van der Waals surface area contributed by atoms with E-state index < -0.39 is 0 Å². The van der Waals surface area contributed by atoms with E-state index in [1.54, 1.807) is 28.9 Å². The minimum atomic E-state index is -0.291. The summed E-state index contributed by atoms with van der Waals surface area (Å²) in [7, 11) is 0. The molecular weight excluding hydrogens is 351 g/mol. The quantitative estimate of drug-likeness (QED) is 0.457. The molecular formula is C20H16ClFN4. The summed E-state index contributed by atoms with van der Waals surface area (Å²) < 4.78 is 15.0. The van der Waals surface area contributed by atoms with Crippen molar-refractivity contribution < 1.29 is 4.39 Å². The van der Waals surface area contributed by atoms with Crippen LogP contribution in [0.2, 0.25) is 5.15 Å². The highest BCUT2D eigenvalue weighted by atomic mass is 35.5. The number of aromatic nitrogens is 4. The Morgan fingerprint density at radius 1 is 1.04 bits per heavy atom. The fraction of sp³-hybridized carbons (Fsp3) is 0.150. The van der Waals surface area contributed by atoms with Crippen LogP contribution < -0.4 is 0 Å². The van der Waals surface area contributed by atoms with Gasteiger partial charge in [-0.1, -0.05) is 31.5 Å². The maximum absolute atomic E-state index is 13.4. The maximum Gasteiger partial charge on any atom is 0.131 e. The van der Waals surface area contributed by atoms with Gasteiger partial charge in [0.25, 0.3) is 0 Å². The minimum absolute atomic E-state index is 0.203. The number of rotatable bonds is 3. The summed E-state index contributed by atoms with van der Waals surface area (Å²) in [5, 5.41) is 5.16. The Balaban J connectivity index is 2.03. The van der Waals surface area contributed by atoms with Crippen molar-refractivity contribution in [2.75, 3.05) is 0 Å². The molecule has 4 nitrogen and oxygen atoms in total. The van der Waals surface area contributed by atoms with Gasteiger partial charge in [0, 0.05) is 17.7 Å². The highest BCUT2D eigenvalue weighted by Crippen LogP contribution is 2.35. The number of fused-ring (bicyclic) bond motifs is 1. The molecule has 0 saturated carbocycles. The Bertz CT molecular complexity index is 1090. The van der Waals surface area contributed by atoms with Crippen molar-refractivity contribution in [1.29, 1.82) is 0 Å². The first-order chi connectivity index (χ1) is 12.5. The standard InChI is InChI=1S/C20H16ClFN4/c1-12(2)20-23-11-10-15(24-20)18-16-4-3-5-17(21)26(16)25-19(18)13-6-8-14(22)9-7-13/h3-12H,1-2H3. The van der Waals surface area contributed by atoms with Gasteiger partial charge in [-0.05, 0) is 42.5 Å². The van der Waals surface area contributed by atoms with Crippen molar-refractivity contribution in [3.05, 3.63) is 71.5 Å². The molecule has 0 saturated heterocycles. The maximum atomic E-state index is 13.4. The first kappa shape index (κ1) is 16.7. The van der Waals surface area contributed by atoms with Gasteiger partial charge < -0.3 is 0 Å². The SMILES string of the molecule is CC(C)c1nccc(-c2c(-c3ccc(F)cc3)nn3c(Cl)cccc23)n1. The fourth-order valence-electron chi connectivity index (χ4n) is 2.89. The molecule has 130 valence electrons. The average Bonchev–Trinajstić information content (AvgIpc) is 3.03. The lowest BCUT2D eigenvalue weighted by Gasteiger charge is -2.07. The molecule has 0 aliphatic carbocycles. The van der Waals surface area contributed by atoms with Crippen LogP contribution in [0.25, 0.3) is 28.0 Å². The van der Waals surface area contributed by atoms with E-state index in [2.05, 4.69) is 10.1 Å². The molecule has 4 rings (SSSR count). The Morgan fingerprint density at radius 3 is 2.54 bits per heavy atom. The summed E-state index contributed by atoms with van der Waals surface area (Å²) in [6, 6.07) is 13.7. The van der Waals surface area contributed by atoms with Crippen LogP contribution in [-0.4, -0.2) is 19.6 Å². The summed E-state index contributed by atoms with van der Waals surface area (Å²) in [5.74, 6) is 0.671. The highest BCUT2D eigenvalue weighted by Gasteiger charge is 2.19. The Labute approximate surface area is 155 Å². The van der Waals surface area contributed by atoms with E-state index in [0.29, 0.717) is 10.8 Å². The summed E-state index contributed by atoms with van der Waals surface area (Å²) in [4.78, 5) is 9.06. The predicted octanol–water partition coefficient (Wildman–Crippen LogP) is 5.37. The van der Waals surface area contributed by atoms with Crippen LogP contribution in [-0.2, 0) is 0 Å². The topological polar surface area (TPSA) is 43.1 Å². The van der Waals surface area contributed by atoms with Crippen LogP contribution in [0.4, 0.5) is 4.39 Å². The van der Waals surface area contributed by atoms with E-state index in [1.807, 2.05) is 32.0 Å². The van der Waals surface area contributed by atoms with E-state index in [0.717, 1.165) is 28.2 Å². The molecule has 0 aliphatic rings. The third-order valence-electron chi connectivity index (χ3n) is 4.18. The van der Waals surface area contributed by atoms with E-state index in [9.17, 15) is 4.39 Å². The largest absolute Gasteiger partial charge is 0.241 e. The third-order valence-corrected chi connectivity index (χ3v) is 4.46. The number of hydrogen-bond donors (Lipinski definition) is 0. The summed E-state index contributed by atoms with van der Waals surface area (Å²) in [6.45, 7) is 4.10. The molecule has 0 spiro atoms. The lowest BCUT2D eigenvalue weighted by atomic mass is 10.0. The summed E-state index contributed by atoms with van der Waals surface area (Å²) in [6.07, 6.45) is 1.75. The normalized spacial score (nSPS) is 11.4. The smallest absolute Gasteiger partial charge is 0.131 e. The Morgan fingerprint density at radius 2 is 1.81 bits per heavy atom. The van der Waals surface area contributed by atoms with Gasteiger partial charge in [-0.2, -0.15) is 5.10 Å². The Hall–Kier alpha value is -2.79. The third kappa shape index (κ3) is 2.84. The highest BCUT2D eigenvalue weighted by molar-refractivity contribution is 6.29. The lowest BCUT2D eigenvalue weighted by molar-refractivity contribution is 0.628. The van der Waals surface area contributed by atoms with E-state index in [4.69, 9.17) is 16.6 Å². The second-order valence-electron chi connectivity index (χ2n) is 6.33. The number of benzene rings is 1. The van der Waals surface area contributed by atoms with Gasteiger partial charge in [-0.25, -0.2) is 18.9 Å². The van der Waals surface area contributed by atoms with Crippen molar-refractivity contribution in [2.45, 2.75) is 19.8 Å². The predicted molar refractivity (Wildman–Crippen MR) is 101 cm³/mol. The molecule has 0 aliphatic heterocycles. The molecule has 0 fully saturated rings. The van der Waals surface area contributed by atoms with E-state index in [1.165, 1.54) is 12.1 Å². The average molecular weight is 367 g/mol. The molecule has 3 heterocycles. The van der Waals surface area contributed by atoms with Gasteiger partial charge in [0.2, 0.25) is 0 Å².